The Morgan fingerprint density at radius 3 is 2.35 bits per heavy atom. The lowest BCUT2D eigenvalue weighted by Crippen LogP contribution is -2.61. The second-order valence-electron chi connectivity index (χ2n) is 4.34. The van der Waals surface area contributed by atoms with Crippen LogP contribution in [0, 0.1) is 0 Å². The molecule has 0 aromatic heterocycles. The number of hydrogen-bond donors (Lipinski definition) is 5. The van der Waals surface area contributed by atoms with Crippen LogP contribution in [-0.2, 0) is 0 Å². The molecule has 0 spiro atoms. The van der Waals surface area contributed by atoms with Crippen molar-refractivity contribution >= 4 is 0 Å². The van der Waals surface area contributed by atoms with Crippen LogP contribution in [-0.4, -0.2) is 51.3 Å². The third-order valence-corrected chi connectivity index (χ3v) is 3.16. The first-order valence-corrected chi connectivity index (χ1v) is 5.62. The van der Waals surface area contributed by atoms with Crippen LogP contribution in [0.25, 0.3) is 0 Å². The first kappa shape index (κ1) is 12.5. The third-order valence-electron chi connectivity index (χ3n) is 3.16. The molecule has 0 radical (unpaired) electrons. The van der Waals surface area contributed by atoms with E-state index in [1.54, 1.807) is 24.3 Å². The van der Waals surface area contributed by atoms with Crippen molar-refractivity contribution < 1.29 is 20.4 Å². The van der Waals surface area contributed by atoms with E-state index in [9.17, 15) is 20.4 Å². The standard InChI is InChI=1S/C12H17NO4/c14-8-6-13-9(12(17)11(8)16)10(15)7-4-2-1-3-5-7/h1-5,8-17H,6H2. The molecule has 94 valence electrons. The van der Waals surface area contributed by atoms with E-state index in [4.69, 9.17) is 0 Å². The van der Waals surface area contributed by atoms with Crippen molar-refractivity contribution in [3.63, 3.8) is 0 Å². The van der Waals surface area contributed by atoms with Crippen molar-refractivity contribution in [1.82, 2.24) is 5.32 Å². The summed E-state index contributed by atoms with van der Waals surface area (Å²) in [4.78, 5) is 0. The highest BCUT2D eigenvalue weighted by Crippen LogP contribution is 2.23. The van der Waals surface area contributed by atoms with Gasteiger partial charge in [0.15, 0.2) is 0 Å². The molecule has 1 heterocycles. The summed E-state index contributed by atoms with van der Waals surface area (Å²) in [7, 11) is 0. The molecule has 0 saturated carbocycles. The quantitative estimate of drug-likeness (QED) is 0.446. The molecule has 1 aliphatic heterocycles. The van der Waals surface area contributed by atoms with Gasteiger partial charge in [-0.2, -0.15) is 0 Å². The van der Waals surface area contributed by atoms with E-state index in [0.717, 1.165) is 0 Å². The summed E-state index contributed by atoms with van der Waals surface area (Å²) in [6.07, 6.45) is -4.37. The van der Waals surface area contributed by atoms with Crippen molar-refractivity contribution in [1.29, 1.82) is 0 Å². The largest absolute Gasteiger partial charge is 0.389 e. The molecule has 1 aromatic carbocycles. The molecule has 5 unspecified atom stereocenters. The third kappa shape index (κ3) is 2.48. The lowest BCUT2D eigenvalue weighted by molar-refractivity contribution is -0.114. The fraction of sp³-hybridized carbons (Fsp3) is 0.500. The van der Waals surface area contributed by atoms with Crippen LogP contribution < -0.4 is 5.32 Å². The first-order valence-electron chi connectivity index (χ1n) is 5.62. The number of aliphatic hydroxyl groups excluding tert-OH is 4. The zero-order chi connectivity index (χ0) is 12.4. The first-order chi connectivity index (χ1) is 8.11. The van der Waals surface area contributed by atoms with Gasteiger partial charge in [-0.15, -0.1) is 0 Å². The minimum atomic E-state index is -1.24. The summed E-state index contributed by atoms with van der Waals surface area (Å²) in [6, 6.07) is 8.22. The zero-order valence-corrected chi connectivity index (χ0v) is 9.27. The van der Waals surface area contributed by atoms with E-state index in [1.807, 2.05) is 6.07 Å². The molecular formula is C12H17NO4. The molecule has 5 heteroatoms. The van der Waals surface area contributed by atoms with E-state index in [2.05, 4.69) is 5.32 Å². The number of benzene rings is 1. The van der Waals surface area contributed by atoms with Crippen LogP contribution >= 0.6 is 0 Å². The van der Waals surface area contributed by atoms with Crippen LogP contribution in [0.3, 0.4) is 0 Å². The predicted molar refractivity (Wildman–Crippen MR) is 61.2 cm³/mol. The van der Waals surface area contributed by atoms with Gasteiger partial charge in [0.2, 0.25) is 0 Å². The second-order valence-corrected chi connectivity index (χ2v) is 4.34. The molecule has 1 saturated heterocycles. The van der Waals surface area contributed by atoms with Gasteiger partial charge in [-0.1, -0.05) is 30.3 Å². The number of rotatable bonds is 2. The van der Waals surface area contributed by atoms with Crippen molar-refractivity contribution in [2.75, 3.05) is 6.54 Å². The molecule has 1 aromatic rings. The van der Waals surface area contributed by atoms with Crippen molar-refractivity contribution in [2.24, 2.45) is 0 Å². The number of aliphatic hydroxyl groups is 4. The van der Waals surface area contributed by atoms with Crippen LogP contribution in [0.1, 0.15) is 11.7 Å². The average Bonchev–Trinajstić information content (AvgIpc) is 2.36. The Hall–Kier alpha value is -0.980. The van der Waals surface area contributed by atoms with Gasteiger partial charge in [0.1, 0.15) is 12.2 Å². The highest BCUT2D eigenvalue weighted by Gasteiger charge is 2.39. The van der Waals surface area contributed by atoms with Gasteiger partial charge in [-0.05, 0) is 5.56 Å². The van der Waals surface area contributed by atoms with Gasteiger partial charge in [-0.3, -0.25) is 0 Å². The van der Waals surface area contributed by atoms with Gasteiger partial charge in [0.25, 0.3) is 0 Å². The highest BCUT2D eigenvalue weighted by atomic mass is 16.4. The molecule has 17 heavy (non-hydrogen) atoms. The number of hydrogen-bond acceptors (Lipinski definition) is 5. The monoisotopic (exact) mass is 239 g/mol. The van der Waals surface area contributed by atoms with Gasteiger partial charge < -0.3 is 25.7 Å². The summed E-state index contributed by atoms with van der Waals surface area (Å²) in [5.74, 6) is 0. The lowest BCUT2D eigenvalue weighted by atomic mass is 9.89. The molecule has 5 N–H and O–H groups in total. The van der Waals surface area contributed by atoms with E-state index in [0.29, 0.717) is 5.56 Å². The van der Waals surface area contributed by atoms with Crippen molar-refractivity contribution in [3.05, 3.63) is 35.9 Å². The van der Waals surface area contributed by atoms with E-state index >= 15 is 0 Å². The smallest absolute Gasteiger partial charge is 0.109 e. The fourth-order valence-corrected chi connectivity index (χ4v) is 2.09. The predicted octanol–water partition coefficient (Wildman–Crippen LogP) is -1.23. The fourth-order valence-electron chi connectivity index (χ4n) is 2.09. The maximum atomic E-state index is 10.1. The average molecular weight is 239 g/mol. The Kier molecular flexibility index (Phi) is 3.76. The summed E-state index contributed by atoms with van der Waals surface area (Å²) in [6.45, 7) is 0.146. The molecule has 5 nitrogen and oxygen atoms in total. The summed E-state index contributed by atoms with van der Waals surface area (Å²) in [5.41, 5.74) is 0.660. The topological polar surface area (TPSA) is 93.0 Å². The van der Waals surface area contributed by atoms with Gasteiger partial charge in [-0.25, -0.2) is 0 Å². The van der Waals surface area contributed by atoms with E-state index in [1.165, 1.54) is 0 Å². The van der Waals surface area contributed by atoms with Crippen LogP contribution in [0.5, 0.6) is 0 Å². The summed E-state index contributed by atoms with van der Waals surface area (Å²) < 4.78 is 0. The van der Waals surface area contributed by atoms with Crippen LogP contribution in [0.4, 0.5) is 0 Å². The summed E-state index contributed by atoms with van der Waals surface area (Å²) >= 11 is 0. The normalized spacial score (nSPS) is 35.5. The van der Waals surface area contributed by atoms with E-state index < -0.39 is 30.5 Å². The Morgan fingerprint density at radius 1 is 1.06 bits per heavy atom. The Balaban J connectivity index is 2.12. The van der Waals surface area contributed by atoms with Gasteiger partial charge in [0.05, 0.1) is 18.2 Å². The zero-order valence-electron chi connectivity index (χ0n) is 9.27. The van der Waals surface area contributed by atoms with Crippen LogP contribution in [0.2, 0.25) is 0 Å². The number of piperidine rings is 1. The molecule has 0 aliphatic carbocycles. The van der Waals surface area contributed by atoms with Gasteiger partial charge >= 0.3 is 0 Å². The minimum Gasteiger partial charge on any atom is -0.389 e. The van der Waals surface area contributed by atoms with E-state index in [-0.39, 0.29) is 6.54 Å². The van der Waals surface area contributed by atoms with Crippen molar-refractivity contribution in [2.45, 2.75) is 30.5 Å². The number of nitrogens with one attached hydrogen (secondary N) is 1. The molecule has 0 bridgehead atoms. The molecule has 5 atom stereocenters. The maximum Gasteiger partial charge on any atom is 0.109 e. The Labute approximate surface area is 99.3 Å². The molecule has 1 aliphatic rings. The number of β-amino-alcohol motifs (C(OH)–C–C–N with tert-alkyl or cyclic N) is 1. The SMILES string of the molecule is OC1CNC(C(O)c2ccccc2)C(O)C1O. The lowest BCUT2D eigenvalue weighted by Gasteiger charge is -2.38. The highest BCUT2D eigenvalue weighted by molar-refractivity contribution is 5.20. The van der Waals surface area contributed by atoms with Gasteiger partial charge in [0, 0.05) is 6.54 Å². The molecule has 1 fully saturated rings. The second kappa shape index (κ2) is 5.12. The Bertz CT molecular complexity index is 359. The Morgan fingerprint density at radius 2 is 1.71 bits per heavy atom. The van der Waals surface area contributed by atoms with Crippen molar-refractivity contribution in [3.8, 4) is 0 Å². The van der Waals surface area contributed by atoms with Crippen LogP contribution in [0.15, 0.2) is 30.3 Å². The molecule has 2 rings (SSSR count). The maximum absolute atomic E-state index is 10.1. The molecular weight excluding hydrogens is 222 g/mol. The minimum absolute atomic E-state index is 0.146. The molecule has 0 amide bonds. The summed E-state index contributed by atoms with van der Waals surface area (Å²) in [5, 5.41) is 41.7.